The molecule has 30 heavy (non-hydrogen) atoms. The van der Waals surface area contributed by atoms with Crippen LogP contribution in [0.4, 0.5) is 0 Å². The number of rotatable bonds is 3. The van der Waals surface area contributed by atoms with E-state index in [-0.39, 0.29) is 10.8 Å². The van der Waals surface area contributed by atoms with E-state index in [0.717, 1.165) is 16.7 Å². The molecule has 1 aliphatic heterocycles. The van der Waals surface area contributed by atoms with E-state index in [2.05, 4.69) is 9.97 Å². The summed E-state index contributed by atoms with van der Waals surface area (Å²) in [6.45, 7) is 3.67. The molecule has 0 radical (unpaired) electrons. The maximum atomic E-state index is 10.2. The fourth-order valence-electron chi connectivity index (χ4n) is 3.40. The summed E-state index contributed by atoms with van der Waals surface area (Å²) in [6, 6.07) is 10.6. The summed E-state index contributed by atoms with van der Waals surface area (Å²) in [7, 11) is 0. The number of hydrogen-bond acceptors (Lipinski definition) is 6. The summed E-state index contributed by atoms with van der Waals surface area (Å²) in [5.41, 5.74) is 4.36. The molecule has 0 aliphatic carbocycles. The van der Waals surface area contributed by atoms with Gasteiger partial charge in [-0.25, -0.2) is 9.50 Å². The normalized spacial score (nSPS) is 15.0. The molecule has 5 rings (SSSR count). The molecule has 0 fully saturated rings. The number of phenolic OH excluding ortho intramolecular Hbond substituents is 1. The van der Waals surface area contributed by atoms with E-state index in [1.54, 1.807) is 41.5 Å². The number of benzene rings is 1. The average molecular weight is 421 g/mol. The van der Waals surface area contributed by atoms with Crippen LogP contribution in [0.2, 0.25) is 5.02 Å². The molecule has 0 saturated heterocycles. The number of halogens is 1. The molecule has 7 nitrogen and oxygen atoms in total. The molecule has 150 valence electrons. The van der Waals surface area contributed by atoms with Gasteiger partial charge in [-0.1, -0.05) is 17.7 Å². The minimum absolute atomic E-state index is 0.0117. The van der Waals surface area contributed by atoms with Crippen molar-refractivity contribution in [3.63, 3.8) is 0 Å². The van der Waals surface area contributed by atoms with Crippen LogP contribution in [0.3, 0.4) is 0 Å². The highest BCUT2D eigenvalue weighted by molar-refractivity contribution is 6.32. The molecule has 0 atom stereocenters. The molecule has 4 aromatic rings. The third-order valence-electron chi connectivity index (χ3n) is 4.76. The van der Waals surface area contributed by atoms with Crippen LogP contribution in [-0.4, -0.2) is 30.5 Å². The summed E-state index contributed by atoms with van der Waals surface area (Å²) < 4.78 is 13.2. The van der Waals surface area contributed by atoms with Gasteiger partial charge >= 0.3 is 0 Å². The Morgan fingerprint density at radius 3 is 2.53 bits per heavy atom. The van der Waals surface area contributed by atoms with Crippen LogP contribution in [-0.2, 0) is 9.47 Å². The third kappa shape index (κ3) is 3.04. The maximum absolute atomic E-state index is 10.2. The second-order valence-corrected chi connectivity index (χ2v) is 7.70. The lowest BCUT2D eigenvalue weighted by Gasteiger charge is -2.18. The first-order valence-electron chi connectivity index (χ1n) is 9.27. The average Bonchev–Trinajstić information content (AvgIpc) is 3.30. The highest BCUT2D eigenvalue weighted by Crippen LogP contribution is 2.39. The molecule has 0 saturated carbocycles. The van der Waals surface area contributed by atoms with Gasteiger partial charge in [0, 0.05) is 38.0 Å². The number of phenols is 1. The largest absolute Gasteiger partial charge is 0.506 e. The lowest BCUT2D eigenvalue weighted by Crippen LogP contribution is -2.20. The minimum atomic E-state index is -0.753. The number of aromatic hydroxyl groups is 1. The molecular formula is C22H17ClN4O3. The van der Waals surface area contributed by atoms with Gasteiger partial charge < -0.3 is 14.6 Å². The number of ether oxygens (including phenoxy) is 2. The van der Waals surface area contributed by atoms with E-state index < -0.39 is 5.79 Å². The molecule has 1 aliphatic rings. The van der Waals surface area contributed by atoms with Crippen molar-refractivity contribution in [1.82, 2.24) is 19.6 Å². The monoisotopic (exact) mass is 420 g/mol. The van der Waals surface area contributed by atoms with E-state index in [4.69, 9.17) is 26.2 Å². The molecule has 1 aromatic carbocycles. The summed E-state index contributed by atoms with van der Waals surface area (Å²) >= 11 is 6.02. The van der Waals surface area contributed by atoms with Crippen molar-refractivity contribution in [1.29, 1.82) is 0 Å². The highest BCUT2D eigenvalue weighted by atomic mass is 35.5. The van der Waals surface area contributed by atoms with Crippen molar-refractivity contribution >= 4 is 23.0 Å². The van der Waals surface area contributed by atoms with Crippen molar-refractivity contribution < 1.29 is 14.6 Å². The van der Waals surface area contributed by atoms with Gasteiger partial charge in [0.2, 0.25) is 5.79 Å². The van der Waals surface area contributed by atoms with Crippen LogP contribution in [0.1, 0.15) is 19.5 Å². The van der Waals surface area contributed by atoms with Crippen LogP contribution in [0.15, 0.2) is 61.3 Å². The Balaban J connectivity index is 1.79. The first-order valence-corrected chi connectivity index (χ1v) is 9.65. The zero-order valence-electron chi connectivity index (χ0n) is 16.2. The predicted molar refractivity (Wildman–Crippen MR) is 113 cm³/mol. The molecule has 0 spiro atoms. The Morgan fingerprint density at radius 1 is 1.03 bits per heavy atom. The summed E-state index contributed by atoms with van der Waals surface area (Å²) in [6.07, 6.45) is 6.68. The van der Waals surface area contributed by atoms with Crippen molar-refractivity contribution in [3.8, 4) is 28.1 Å². The standard InChI is InChI=1S/C22H17ClN4O3/c1-22(2)29-12-18(30-22)16-7-10-25-21-19(14-3-4-15(23)17(28)11-14)20(26-27(16)21)13-5-8-24-9-6-13/h3-12,28H,1-2H3. The van der Waals surface area contributed by atoms with E-state index in [0.29, 0.717) is 22.8 Å². The third-order valence-corrected chi connectivity index (χ3v) is 5.08. The molecule has 3 aromatic heterocycles. The topological polar surface area (TPSA) is 81.8 Å². The second-order valence-electron chi connectivity index (χ2n) is 7.29. The zero-order valence-corrected chi connectivity index (χ0v) is 17.0. The number of hydrogen-bond donors (Lipinski definition) is 1. The number of fused-ring (bicyclic) bond motifs is 1. The van der Waals surface area contributed by atoms with E-state index >= 15 is 0 Å². The van der Waals surface area contributed by atoms with Crippen molar-refractivity contribution in [2.75, 3.05) is 0 Å². The Morgan fingerprint density at radius 2 is 1.83 bits per heavy atom. The molecule has 0 bridgehead atoms. The fraction of sp³-hybridized carbons (Fsp3) is 0.136. The van der Waals surface area contributed by atoms with Crippen molar-refractivity contribution in [2.24, 2.45) is 0 Å². The van der Waals surface area contributed by atoms with Gasteiger partial charge in [0.25, 0.3) is 0 Å². The van der Waals surface area contributed by atoms with Gasteiger partial charge in [0.05, 0.1) is 10.6 Å². The maximum Gasteiger partial charge on any atom is 0.245 e. The van der Waals surface area contributed by atoms with E-state index in [1.165, 1.54) is 0 Å². The van der Waals surface area contributed by atoms with Crippen LogP contribution >= 0.6 is 11.6 Å². The first kappa shape index (κ1) is 18.4. The van der Waals surface area contributed by atoms with Gasteiger partial charge in [-0.2, -0.15) is 5.10 Å². The second kappa shape index (κ2) is 6.74. The number of nitrogens with zero attached hydrogens (tertiary/aromatic N) is 4. The molecule has 0 unspecified atom stereocenters. The van der Waals surface area contributed by atoms with E-state index in [9.17, 15) is 5.11 Å². The Hall–Kier alpha value is -3.58. The summed E-state index contributed by atoms with van der Waals surface area (Å²) in [5.74, 6) is -0.208. The molecule has 4 heterocycles. The minimum Gasteiger partial charge on any atom is -0.506 e. The number of pyridine rings is 1. The van der Waals surface area contributed by atoms with Gasteiger partial charge in [-0.05, 0) is 35.9 Å². The fourth-order valence-corrected chi connectivity index (χ4v) is 3.52. The summed E-state index contributed by atoms with van der Waals surface area (Å²) in [5, 5.41) is 15.3. The van der Waals surface area contributed by atoms with Crippen molar-refractivity contribution in [2.45, 2.75) is 19.6 Å². The quantitative estimate of drug-likeness (QED) is 0.507. The molecule has 8 heteroatoms. The van der Waals surface area contributed by atoms with Gasteiger partial charge in [0.1, 0.15) is 23.4 Å². The van der Waals surface area contributed by atoms with Gasteiger partial charge in [-0.3, -0.25) is 4.98 Å². The molecule has 1 N–H and O–H groups in total. The Labute approximate surface area is 177 Å². The SMILES string of the molecule is CC1(C)OC=C(c2ccnc3c(-c4ccc(Cl)c(O)c4)c(-c4ccncc4)nn23)O1. The lowest BCUT2D eigenvalue weighted by molar-refractivity contribution is -0.102. The van der Waals surface area contributed by atoms with Gasteiger partial charge in [0.15, 0.2) is 11.4 Å². The Bertz CT molecular complexity index is 1300. The summed E-state index contributed by atoms with van der Waals surface area (Å²) in [4.78, 5) is 8.67. The number of aromatic nitrogens is 4. The Kier molecular flexibility index (Phi) is 4.15. The van der Waals surface area contributed by atoms with Crippen LogP contribution in [0.25, 0.3) is 33.8 Å². The van der Waals surface area contributed by atoms with Gasteiger partial charge in [-0.15, -0.1) is 0 Å². The zero-order chi connectivity index (χ0) is 20.9. The van der Waals surface area contributed by atoms with E-state index in [1.807, 2.05) is 38.1 Å². The molecular weight excluding hydrogens is 404 g/mol. The lowest BCUT2D eigenvalue weighted by atomic mass is 10.0. The smallest absolute Gasteiger partial charge is 0.245 e. The predicted octanol–water partition coefficient (Wildman–Crippen LogP) is 4.90. The van der Waals surface area contributed by atoms with Crippen LogP contribution in [0.5, 0.6) is 5.75 Å². The van der Waals surface area contributed by atoms with Crippen molar-refractivity contribution in [3.05, 3.63) is 72.0 Å². The van der Waals surface area contributed by atoms with Crippen LogP contribution < -0.4 is 0 Å². The van der Waals surface area contributed by atoms with Crippen LogP contribution in [0, 0.1) is 0 Å². The first-order chi connectivity index (χ1) is 14.4. The highest BCUT2D eigenvalue weighted by Gasteiger charge is 2.30. The molecule has 0 amide bonds.